The lowest BCUT2D eigenvalue weighted by Gasteiger charge is -2.19. The van der Waals surface area contributed by atoms with Crippen molar-refractivity contribution in [3.05, 3.63) is 23.7 Å². The lowest BCUT2D eigenvalue weighted by atomic mass is 10.1. The Morgan fingerprint density at radius 3 is 2.70 bits per heavy atom. The molecule has 0 amide bonds. The number of halogens is 1. The van der Waals surface area contributed by atoms with E-state index in [1.165, 1.54) is 44.1 Å². The summed E-state index contributed by atoms with van der Waals surface area (Å²) in [5.74, 6) is 1.73. The van der Waals surface area contributed by atoms with Crippen LogP contribution < -0.4 is 0 Å². The topological polar surface area (TPSA) is 30.7 Å². The number of rotatable bonds is 3. The van der Waals surface area contributed by atoms with E-state index >= 15 is 0 Å². The van der Waals surface area contributed by atoms with E-state index in [0.717, 1.165) is 23.4 Å². The number of imidazole rings is 1. The van der Waals surface area contributed by atoms with E-state index in [9.17, 15) is 0 Å². The fourth-order valence-electron chi connectivity index (χ4n) is 3.32. The number of hydrogen-bond acceptors (Lipinski definition) is 2. The van der Waals surface area contributed by atoms with Crippen molar-refractivity contribution in [1.82, 2.24) is 14.5 Å². The van der Waals surface area contributed by atoms with Crippen LogP contribution in [-0.4, -0.2) is 20.4 Å². The van der Waals surface area contributed by atoms with Gasteiger partial charge in [-0.15, -0.1) is 11.6 Å². The van der Waals surface area contributed by atoms with Gasteiger partial charge in [-0.1, -0.05) is 25.7 Å². The van der Waals surface area contributed by atoms with Gasteiger partial charge < -0.3 is 4.57 Å². The first-order chi connectivity index (χ1) is 9.81. The van der Waals surface area contributed by atoms with Crippen LogP contribution in [0.2, 0.25) is 0 Å². The molecule has 0 aliphatic heterocycles. The zero-order valence-corrected chi connectivity index (χ0v) is 12.9. The van der Waals surface area contributed by atoms with Crippen LogP contribution >= 0.6 is 11.6 Å². The van der Waals surface area contributed by atoms with Gasteiger partial charge in [0.2, 0.25) is 0 Å². The second-order valence-electron chi connectivity index (χ2n) is 5.78. The second-order valence-corrected chi connectivity index (χ2v) is 6.16. The zero-order valence-electron chi connectivity index (χ0n) is 12.1. The minimum absolute atomic E-state index is 0.551. The Labute approximate surface area is 125 Å². The summed E-state index contributed by atoms with van der Waals surface area (Å²) in [6, 6.07) is 2.59. The summed E-state index contributed by atoms with van der Waals surface area (Å²) < 4.78 is 2.38. The van der Waals surface area contributed by atoms with Crippen LogP contribution in [0.25, 0.3) is 11.2 Å². The standard InChI is InChI=1S/C16H22ClN3/c1-12-9-11-18-16-15(12)19-14(8-10-17)20(16)13-6-4-2-3-5-7-13/h9,11,13H,2-8,10H2,1H3. The molecule has 108 valence electrons. The molecule has 0 N–H and O–H groups in total. The first-order valence-corrected chi connectivity index (χ1v) is 8.23. The largest absolute Gasteiger partial charge is 0.310 e. The van der Waals surface area contributed by atoms with Gasteiger partial charge in [0.1, 0.15) is 11.3 Å². The van der Waals surface area contributed by atoms with Crippen molar-refractivity contribution in [3.63, 3.8) is 0 Å². The Morgan fingerprint density at radius 1 is 1.25 bits per heavy atom. The van der Waals surface area contributed by atoms with Crippen molar-refractivity contribution in [1.29, 1.82) is 0 Å². The van der Waals surface area contributed by atoms with E-state index in [2.05, 4.69) is 16.5 Å². The molecular weight excluding hydrogens is 270 g/mol. The first-order valence-electron chi connectivity index (χ1n) is 7.69. The van der Waals surface area contributed by atoms with Gasteiger partial charge >= 0.3 is 0 Å². The van der Waals surface area contributed by atoms with Crippen molar-refractivity contribution in [3.8, 4) is 0 Å². The fraction of sp³-hybridized carbons (Fsp3) is 0.625. The van der Waals surface area contributed by atoms with Gasteiger partial charge in [0.15, 0.2) is 5.65 Å². The summed E-state index contributed by atoms with van der Waals surface area (Å²) in [4.78, 5) is 9.43. The Hall–Kier alpha value is -1.09. The Kier molecular flexibility index (Phi) is 4.25. The molecule has 3 nitrogen and oxygen atoms in total. The van der Waals surface area contributed by atoms with E-state index in [0.29, 0.717) is 11.9 Å². The molecule has 0 atom stereocenters. The maximum Gasteiger partial charge on any atom is 0.160 e. The van der Waals surface area contributed by atoms with E-state index in [4.69, 9.17) is 16.6 Å². The quantitative estimate of drug-likeness (QED) is 0.619. The van der Waals surface area contributed by atoms with E-state index < -0.39 is 0 Å². The Morgan fingerprint density at radius 2 is 2.00 bits per heavy atom. The molecule has 2 aromatic heterocycles. The lowest BCUT2D eigenvalue weighted by molar-refractivity contribution is 0.439. The zero-order chi connectivity index (χ0) is 13.9. The molecule has 0 bridgehead atoms. The maximum atomic E-state index is 5.97. The average molecular weight is 292 g/mol. The molecule has 2 heterocycles. The molecule has 0 aromatic carbocycles. The highest BCUT2D eigenvalue weighted by Crippen LogP contribution is 2.31. The monoisotopic (exact) mass is 291 g/mol. The molecule has 1 saturated carbocycles. The van der Waals surface area contributed by atoms with Gasteiger partial charge in [-0.05, 0) is 31.4 Å². The molecular formula is C16H22ClN3. The third-order valence-corrected chi connectivity index (χ3v) is 4.55. The number of hydrogen-bond donors (Lipinski definition) is 0. The lowest BCUT2D eigenvalue weighted by Crippen LogP contribution is -2.13. The smallest absolute Gasteiger partial charge is 0.160 e. The van der Waals surface area contributed by atoms with Crippen LogP contribution in [0.4, 0.5) is 0 Å². The van der Waals surface area contributed by atoms with Crippen LogP contribution in [0.5, 0.6) is 0 Å². The summed E-state index contributed by atoms with van der Waals surface area (Å²) in [5.41, 5.74) is 3.31. The number of alkyl halides is 1. The van der Waals surface area contributed by atoms with Crippen molar-refractivity contribution in [2.75, 3.05) is 5.88 Å². The molecule has 4 heteroatoms. The number of nitrogens with zero attached hydrogens (tertiary/aromatic N) is 3. The van der Waals surface area contributed by atoms with Crippen LogP contribution in [0.3, 0.4) is 0 Å². The molecule has 0 saturated heterocycles. The third-order valence-electron chi connectivity index (χ3n) is 4.36. The molecule has 1 fully saturated rings. The van der Waals surface area contributed by atoms with E-state index in [-0.39, 0.29) is 0 Å². The third kappa shape index (κ3) is 2.56. The second kappa shape index (κ2) is 6.13. The van der Waals surface area contributed by atoms with Crippen LogP contribution in [0, 0.1) is 6.92 Å². The van der Waals surface area contributed by atoms with Gasteiger partial charge in [0, 0.05) is 24.5 Å². The summed E-state index contributed by atoms with van der Waals surface area (Å²) >= 11 is 5.97. The summed E-state index contributed by atoms with van der Waals surface area (Å²) in [6.45, 7) is 2.11. The van der Waals surface area contributed by atoms with Gasteiger partial charge in [0.05, 0.1) is 0 Å². The molecule has 1 aliphatic rings. The minimum Gasteiger partial charge on any atom is -0.310 e. The summed E-state index contributed by atoms with van der Waals surface area (Å²) in [7, 11) is 0. The molecule has 0 radical (unpaired) electrons. The van der Waals surface area contributed by atoms with Gasteiger partial charge in [-0.25, -0.2) is 9.97 Å². The first kappa shape index (κ1) is 13.9. The average Bonchev–Trinajstić information content (AvgIpc) is 2.63. The van der Waals surface area contributed by atoms with Crippen molar-refractivity contribution < 1.29 is 0 Å². The summed E-state index contributed by atoms with van der Waals surface area (Å²) in [5, 5.41) is 0. The molecule has 3 rings (SSSR count). The molecule has 0 spiro atoms. The number of aromatic nitrogens is 3. The molecule has 1 aliphatic carbocycles. The van der Waals surface area contributed by atoms with Gasteiger partial charge in [0.25, 0.3) is 0 Å². The minimum atomic E-state index is 0.551. The fourth-order valence-corrected chi connectivity index (χ4v) is 3.49. The highest BCUT2D eigenvalue weighted by Gasteiger charge is 2.21. The molecule has 0 unspecified atom stereocenters. The van der Waals surface area contributed by atoms with E-state index in [1.54, 1.807) is 0 Å². The molecule has 2 aromatic rings. The summed E-state index contributed by atoms with van der Waals surface area (Å²) in [6.07, 6.45) is 10.6. The van der Waals surface area contributed by atoms with Crippen molar-refractivity contribution in [2.24, 2.45) is 0 Å². The Balaban J connectivity index is 2.10. The van der Waals surface area contributed by atoms with Crippen LogP contribution in [0.15, 0.2) is 12.3 Å². The number of aryl methyl sites for hydroxylation is 2. The number of pyridine rings is 1. The molecule has 20 heavy (non-hydrogen) atoms. The number of fused-ring (bicyclic) bond motifs is 1. The highest BCUT2D eigenvalue weighted by molar-refractivity contribution is 6.17. The normalized spacial score (nSPS) is 17.5. The SMILES string of the molecule is Cc1ccnc2c1nc(CCCl)n2C1CCCCCC1. The maximum absolute atomic E-state index is 5.97. The van der Waals surface area contributed by atoms with Crippen molar-refractivity contribution >= 4 is 22.8 Å². The van der Waals surface area contributed by atoms with Crippen LogP contribution in [0.1, 0.15) is 56.0 Å². The van der Waals surface area contributed by atoms with Crippen LogP contribution in [-0.2, 0) is 6.42 Å². The predicted molar refractivity (Wildman–Crippen MR) is 83.4 cm³/mol. The predicted octanol–water partition coefficient (Wildman–Crippen LogP) is 4.42. The van der Waals surface area contributed by atoms with Gasteiger partial charge in [-0.3, -0.25) is 0 Å². The highest BCUT2D eigenvalue weighted by atomic mass is 35.5. The van der Waals surface area contributed by atoms with Crippen molar-refractivity contribution in [2.45, 2.75) is 57.9 Å². The Bertz CT molecular complexity index is 583. The van der Waals surface area contributed by atoms with E-state index in [1.807, 2.05) is 12.3 Å². The van der Waals surface area contributed by atoms with Gasteiger partial charge in [-0.2, -0.15) is 0 Å².